The zero-order chi connectivity index (χ0) is 30.9. The minimum absolute atomic E-state index is 1.24. The van der Waals surface area contributed by atoms with E-state index in [-0.39, 0.29) is 0 Å². The molecule has 0 aliphatic rings. The highest BCUT2D eigenvalue weighted by atomic mass is 32.1. The minimum Gasteiger partial charge on any atom is -0.135 e. The van der Waals surface area contributed by atoms with Crippen LogP contribution in [-0.2, 0) is 0 Å². The molecule has 0 saturated heterocycles. The Morgan fingerprint density at radius 3 is 1.47 bits per heavy atom. The fourth-order valence-electron chi connectivity index (χ4n) is 7.62. The van der Waals surface area contributed by atoms with E-state index >= 15 is 0 Å². The second kappa shape index (κ2) is 10.4. The third-order valence-corrected chi connectivity index (χ3v) is 11.0. The minimum atomic E-state index is 1.24. The van der Waals surface area contributed by atoms with E-state index in [9.17, 15) is 0 Å². The first kappa shape index (κ1) is 26.5. The summed E-state index contributed by atoms with van der Waals surface area (Å²) in [6, 6.07) is 62.7. The van der Waals surface area contributed by atoms with Crippen LogP contribution < -0.4 is 0 Å². The fraction of sp³-hybridized carbons (Fsp3) is 0. The molecule has 0 unspecified atom stereocenters. The van der Waals surface area contributed by atoms with E-state index in [1.807, 2.05) is 11.3 Å². The lowest BCUT2D eigenvalue weighted by Crippen LogP contribution is -1.91. The molecule has 47 heavy (non-hydrogen) atoms. The molecule has 0 N–H and O–H groups in total. The number of hydrogen-bond acceptors (Lipinski definition) is 1. The summed E-state index contributed by atoms with van der Waals surface area (Å²) in [6.07, 6.45) is 0. The SMILES string of the molecule is c1ccc(-c2ccc3cc(-c4c5ccccc5c(-c5ccc6sc7c8ccccc8ccc7c6c5)c5ccccc45)ccc3c2)cc1. The summed E-state index contributed by atoms with van der Waals surface area (Å²) in [4.78, 5) is 0. The van der Waals surface area contributed by atoms with E-state index in [2.05, 4.69) is 170 Å². The second-order valence-electron chi connectivity index (χ2n) is 12.5. The average molecular weight is 613 g/mol. The van der Waals surface area contributed by atoms with Gasteiger partial charge in [0.15, 0.2) is 0 Å². The molecule has 0 aliphatic carbocycles. The molecule has 0 radical (unpaired) electrons. The van der Waals surface area contributed by atoms with Crippen LogP contribution >= 0.6 is 11.3 Å². The Hall–Kier alpha value is -5.76. The first-order chi connectivity index (χ1) is 23.3. The molecule has 10 aromatic rings. The Morgan fingerprint density at radius 1 is 0.277 bits per heavy atom. The topological polar surface area (TPSA) is 0 Å². The summed E-state index contributed by atoms with van der Waals surface area (Å²) in [7, 11) is 0. The monoisotopic (exact) mass is 612 g/mol. The quantitative estimate of drug-likeness (QED) is 0.174. The second-order valence-corrected chi connectivity index (χ2v) is 13.5. The summed E-state index contributed by atoms with van der Waals surface area (Å²) < 4.78 is 2.70. The van der Waals surface area contributed by atoms with Crippen LogP contribution in [0, 0.1) is 0 Å². The van der Waals surface area contributed by atoms with E-state index in [0.717, 1.165) is 0 Å². The standard InChI is InChI=1S/C46H28S/c1-2-10-29(11-3-1)31-18-19-33-27-34(21-20-32(33)26-31)44-37-14-6-8-16-39(37)45(40-17-9-7-15-38(40)44)35-23-25-43-42(28-35)41-24-22-30-12-4-5-13-36(30)46(41)47-43/h1-28H. The summed E-state index contributed by atoms with van der Waals surface area (Å²) in [5.74, 6) is 0. The Morgan fingerprint density at radius 2 is 0.787 bits per heavy atom. The zero-order valence-electron chi connectivity index (χ0n) is 25.6. The summed E-state index contributed by atoms with van der Waals surface area (Å²) in [5.41, 5.74) is 7.59. The van der Waals surface area contributed by atoms with Gasteiger partial charge in [-0.2, -0.15) is 0 Å². The van der Waals surface area contributed by atoms with E-state index in [1.54, 1.807) is 0 Å². The van der Waals surface area contributed by atoms with Crippen LogP contribution in [0.1, 0.15) is 0 Å². The maximum absolute atomic E-state index is 2.43. The van der Waals surface area contributed by atoms with Crippen LogP contribution in [0.5, 0.6) is 0 Å². The van der Waals surface area contributed by atoms with Gasteiger partial charge in [-0.05, 0) is 101 Å². The molecule has 0 saturated carbocycles. The molecule has 1 heterocycles. The molecule has 0 aliphatic heterocycles. The van der Waals surface area contributed by atoms with E-state index in [1.165, 1.54) is 96.6 Å². The zero-order valence-corrected chi connectivity index (χ0v) is 26.4. The third kappa shape index (κ3) is 4.14. The van der Waals surface area contributed by atoms with Gasteiger partial charge in [-0.15, -0.1) is 11.3 Å². The molecule has 0 atom stereocenters. The summed E-state index contributed by atoms with van der Waals surface area (Å²) in [6.45, 7) is 0. The lowest BCUT2D eigenvalue weighted by molar-refractivity contribution is 1.64. The van der Waals surface area contributed by atoms with Crippen LogP contribution in [0.15, 0.2) is 170 Å². The molecule has 10 rings (SSSR count). The van der Waals surface area contributed by atoms with Crippen LogP contribution in [0.3, 0.4) is 0 Å². The highest BCUT2D eigenvalue weighted by molar-refractivity contribution is 7.26. The van der Waals surface area contributed by atoms with Crippen molar-refractivity contribution in [3.8, 4) is 33.4 Å². The van der Waals surface area contributed by atoms with Gasteiger partial charge in [0.25, 0.3) is 0 Å². The van der Waals surface area contributed by atoms with Gasteiger partial charge in [-0.25, -0.2) is 0 Å². The molecular formula is C46H28S. The van der Waals surface area contributed by atoms with Crippen molar-refractivity contribution >= 4 is 74.6 Å². The maximum atomic E-state index is 2.43. The van der Waals surface area contributed by atoms with Crippen LogP contribution in [0.2, 0.25) is 0 Å². The Kier molecular flexibility index (Phi) is 5.85. The van der Waals surface area contributed by atoms with Gasteiger partial charge < -0.3 is 0 Å². The van der Waals surface area contributed by atoms with Crippen molar-refractivity contribution in [2.75, 3.05) is 0 Å². The Bertz CT molecular complexity index is 2780. The smallest absolute Gasteiger partial charge is 0.0433 e. The highest BCUT2D eigenvalue weighted by Gasteiger charge is 2.18. The number of benzene rings is 9. The van der Waals surface area contributed by atoms with Crippen molar-refractivity contribution in [3.63, 3.8) is 0 Å². The predicted octanol–water partition coefficient (Wildman–Crippen LogP) is 13.7. The van der Waals surface area contributed by atoms with Crippen molar-refractivity contribution in [2.45, 2.75) is 0 Å². The number of fused-ring (bicyclic) bond motifs is 8. The molecule has 1 heteroatoms. The van der Waals surface area contributed by atoms with E-state index in [0.29, 0.717) is 0 Å². The number of thiophene rings is 1. The number of rotatable bonds is 3. The lowest BCUT2D eigenvalue weighted by Gasteiger charge is -2.18. The van der Waals surface area contributed by atoms with Crippen LogP contribution in [-0.4, -0.2) is 0 Å². The molecule has 0 bridgehead atoms. The first-order valence-electron chi connectivity index (χ1n) is 16.2. The maximum Gasteiger partial charge on any atom is 0.0433 e. The molecule has 218 valence electrons. The molecule has 0 nitrogen and oxygen atoms in total. The van der Waals surface area contributed by atoms with Crippen molar-refractivity contribution in [3.05, 3.63) is 170 Å². The van der Waals surface area contributed by atoms with Crippen LogP contribution in [0.25, 0.3) is 96.6 Å². The van der Waals surface area contributed by atoms with Gasteiger partial charge in [0.05, 0.1) is 0 Å². The Labute approximate surface area is 276 Å². The van der Waals surface area contributed by atoms with E-state index < -0.39 is 0 Å². The lowest BCUT2D eigenvalue weighted by atomic mass is 9.85. The van der Waals surface area contributed by atoms with Gasteiger partial charge in [-0.1, -0.05) is 146 Å². The van der Waals surface area contributed by atoms with Crippen LogP contribution in [0.4, 0.5) is 0 Å². The average Bonchev–Trinajstić information content (AvgIpc) is 3.52. The molecule has 0 spiro atoms. The molecule has 1 aromatic heterocycles. The first-order valence-corrected chi connectivity index (χ1v) is 17.0. The van der Waals surface area contributed by atoms with Crippen molar-refractivity contribution in [1.82, 2.24) is 0 Å². The van der Waals surface area contributed by atoms with Gasteiger partial charge >= 0.3 is 0 Å². The van der Waals surface area contributed by atoms with E-state index in [4.69, 9.17) is 0 Å². The van der Waals surface area contributed by atoms with Gasteiger partial charge in [0, 0.05) is 20.2 Å². The summed E-state index contributed by atoms with van der Waals surface area (Å²) in [5, 5.41) is 12.9. The Balaban J connectivity index is 1.20. The molecule has 9 aromatic carbocycles. The largest absolute Gasteiger partial charge is 0.135 e. The van der Waals surface area contributed by atoms with Crippen molar-refractivity contribution in [1.29, 1.82) is 0 Å². The van der Waals surface area contributed by atoms with Gasteiger partial charge in [0.1, 0.15) is 0 Å². The molecule has 0 amide bonds. The fourth-order valence-corrected chi connectivity index (χ4v) is 8.84. The normalized spacial score (nSPS) is 11.8. The van der Waals surface area contributed by atoms with Crippen molar-refractivity contribution in [2.24, 2.45) is 0 Å². The molecular weight excluding hydrogens is 585 g/mol. The predicted molar refractivity (Wildman–Crippen MR) is 206 cm³/mol. The molecule has 0 fully saturated rings. The highest BCUT2D eigenvalue weighted by Crippen LogP contribution is 2.46. The summed E-state index contributed by atoms with van der Waals surface area (Å²) >= 11 is 1.90. The third-order valence-electron chi connectivity index (χ3n) is 9.82. The van der Waals surface area contributed by atoms with Crippen molar-refractivity contribution < 1.29 is 0 Å². The van der Waals surface area contributed by atoms with Gasteiger partial charge in [0.2, 0.25) is 0 Å². The number of hydrogen-bond donors (Lipinski definition) is 0. The van der Waals surface area contributed by atoms with Gasteiger partial charge in [-0.3, -0.25) is 0 Å².